The van der Waals surface area contributed by atoms with Crippen LogP contribution < -0.4 is 15.4 Å². The number of nitrogens with zero attached hydrogens (tertiary/aromatic N) is 3. The van der Waals surface area contributed by atoms with E-state index in [1.807, 2.05) is 31.2 Å². The van der Waals surface area contributed by atoms with E-state index >= 15 is 0 Å². The molecule has 4 aromatic rings. The van der Waals surface area contributed by atoms with Gasteiger partial charge in [0.25, 0.3) is 5.91 Å². The number of carbonyl (C=O) groups excluding carboxylic acids is 1. The number of ether oxygens (including phenoxy) is 1. The number of carbonyl (C=O) groups is 1. The zero-order valence-electron chi connectivity index (χ0n) is 19.0. The highest BCUT2D eigenvalue weighted by Gasteiger charge is 2.33. The SMILES string of the molecule is CC1=C(C(=O)Nc2ccc(Cl)cc2)[C@H](c2ccc(OCc3c(Cl)cccc3Cl)cc2)n2ncnc2N1. The molecule has 3 aromatic carbocycles. The first-order chi connectivity index (χ1) is 17.4. The third-order valence-electron chi connectivity index (χ3n) is 5.78. The summed E-state index contributed by atoms with van der Waals surface area (Å²) < 4.78 is 7.60. The lowest BCUT2D eigenvalue weighted by atomic mass is 9.95. The number of fused-ring (bicyclic) bond motifs is 1. The molecule has 2 heterocycles. The molecule has 1 aliphatic heterocycles. The van der Waals surface area contributed by atoms with Gasteiger partial charge in [0.2, 0.25) is 5.95 Å². The minimum absolute atomic E-state index is 0.228. The zero-order valence-corrected chi connectivity index (χ0v) is 21.3. The van der Waals surface area contributed by atoms with Crippen LogP contribution in [0.5, 0.6) is 5.75 Å². The third-order valence-corrected chi connectivity index (χ3v) is 6.74. The van der Waals surface area contributed by atoms with Crippen LogP contribution in [0.25, 0.3) is 0 Å². The maximum Gasteiger partial charge on any atom is 0.255 e. The van der Waals surface area contributed by atoms with E-state index in [-0.39, 0.29) is 12.5 Å². The fraction of sp³-hybridized carbons (Fsp3) is 0.115. The minimum atomic E-state index is -0.497. The zero-order chi connectivity index (χ0) is 25.2. The number of hydrogen-bond donors (Lipinski definition) is 2. The van der Waals surface area contributed by atoms with Crippen LogP contribution in [0.3, 0.4) is 0 Å². The third kappa shape index (κ3) is 4.91. The lowest BCUT2D eigenvalue weighted by Crippen LogP contribution is -2.31. The number of nitrogens with one attached hydrogen (secondary N) is 2. The van der Waals surface area contributed by atoms with Gasteiger partial charge in [-0.05, 0) is 61.0 Å². The first kappa shape index (κ1) is 24.2. The molecule has 182 valence electrons. The molecule has 0 fully saturated rings. The molecule has 1 atom stereocenters. The fourth-order valence-electron chi connectivity index (χ4n) is 4.00. The number of aromatic nitrogens is 3. The maximum atomic E-state index is 13.4. The number of rotatable bonds is 6. The second kappa shape index (κ2) is 10.2. The van der Waals surface area contributed by atoms with Crippen LogP contribution in [0.2, 0.25) is 15.1 Å². The normalized spacial score (nSPS) is 14.7. The molecule has 0 spiro atoms. The van der Waals surface area contributed by atoms with E-state index in [1.165, 1.54) is 6.33 Å². The average Bonchev–Trinajstić information content (AvgIpc) is 3.33. The Bertz CT molecular complexity index is 1430. The van der Waals surface area contributed by atoms with Gasteiger partial charge in [-0.2, -0.15) is 10.1 Å². The van der Waals surface area contributed by atoms with E-state index in [0.717, 1.165) is 11.1 Å². The van der Waals surface area contributed by atoms with Gasteiger partial charge in [-0.25, -0.2) is 4.68 Å². The number of allylic oxidation sites excluding steroid dienone is 1. The molecule has 10 heteroatoms. The predicted octanol–water partition coefficient (Wildman–Crippen LogP) is 6.74. The molecule has 36 heavy (non-hydrogen) atoms. The maximum absolute atomic E-state index is 13.4. The Morgan fingerprint density at radius 3 is 2.42 bits per heavy atom. The molecular formula is C26H20Cl3N5O2. The Morgan fingerprint density at radius 1 is 1.03 bits per heavy atom. The fourth-order valence-corrected chi connectivity index (χ4v) is 4.63. The van der Waals surface area contributed by atoms with Gasteiger partial charge < -0.3 is 15.4 Å². The lowest BCUT2D eigenvalue weighted by Gasteiger charge is -2.28. The van der Waals surface area contributed by atoms with Gasteiger partial charge >= 0.3 is 0 Å². The Hall–Kier alpha value is -3.52. The van der Waals surface area contributed by atoms with E-state index in [1.54, 1.807) is 47.1 Å². The van der Waals surface area contributed by atoms with Crippen molar-refractivity contribution in [1.82, 2.24) is 14.8 Å². The van der Waals surface area contributed by atoms with Crippen molar-refractivity contribution in [2.45, 2.75) is 19.6 Å². The van der Waals surface area contributed by atoms with E-state index in [0.29, 0.717) is 43.7 Å². The standard InChI is InChI=1S/C26H20Cl3N5O2/c1-15-23(25(35)33-18-9-7-17(27)8-10-18)24(34-26(32-15)30-14-31-34)16-5-11-19(12-6-16)36-13-20-21(28)3-2-4-22(20)29/h2-12,14,24H,13H2,1H3,(H,33,35)(H,30,31,32)/t24-/m0/s1. The molecule has 0 aliphatic carbocycles. The lowest BCUT2D eigenvalue weighted by molar-refractivity contribution is -0.113. The number of anilines is 2. The Labute approximate surface area is 222 Å². The second-order valence-corrected chi connectivity index (χ2v) is 9.36. The highest BCUT2D eigenvalue weighted by molar-refractivity contribution is 6.36. The van der Waals surface area contributed by atoms with Crippen LogP contribution in [0.15, 0.2) is 84.3 Å². The van der Waals surface area contributed by atoms with Crippen molar-refractivity contribution in [1.29, 1.82) is 0 Å². The van der Waals surface area contributed by atoms with Crippen molar-refractivity contribution in [2.24, 2.45) is 0 Å². The van der Waals surface area contributed by atoms with Crippen LogP contribution in [0.1, 0.15) is 24.1 Å². The highest BCUT2D eigenvalue weighted by Crippen LogP contribution is 2.36. The molecule has 0 bridgehead atoms. The molecule has 0 unspecified atom stereocenters. The monoisotopic (exact) mass is 539 g/mol. The Balaban J connectivity index is 1.41. The largest absolute Gasteiger partial charge is 0.489 e. The number of benzene rings is 3. The van der Waals surface area contributed by atoms with Crippen LogP contribution in [-0.2, 0) is 11.4 Å². The first-order valence-electron chi connectivity index (χ1n) is 11.0. The van der Waals surface area contributed by atoms with E-state index in [2.05, 4.69) is 20.7 Å². The highest BCUT2D eigenvalue weighted by atomic mass is 35.5. The smallest absolute Gasteiger partial charge is 0.255 e. The van der Waals surface area contributed by atoms with E-state index < -0.39 is 6.04 Å². The number of halogens is 3. The quantitative estimate of drug-likeness (QED) is 0.283. The summed E-state index contributed by atoms with van der Waals surface area (Å²) >= 11 is 18.5. The molecule has 1 amide bonds. The molecule has 0 saturated carbocycles. The average molecular weight is 541 g/mol. The summed E-state index contributed by atoms with van der Waals surface area (Å²) in [4.78, 5) is 17.7. The molecule has 0 radical (unpaired) electrons. The van der Waals surface area contributed by atoms with Crippen LogP contribution in [-0.4, -0.2) is 20.7 Å². The van der Waals surface area contributed by atoms with E-state index in [9.17, 15) is 4.79 Å². The topological polar surface area (TPSA) is 81.1 Å². The van der Waals surface area contributed by atoms with Gasteiger partial charge in [0.1, 0.15) is 24.7 Å². The summed E-state index contributed by atoms with van der Waals surface area (Å²) in [6, 6.07) is 19.2. The molecule has 7 nitrogen and oxygen atoms in total. The summed E-state index contributed by atoms with van der Waals surface area (Å²) in [5, 5.41) is 12.2. The van der Waals surface area contributed by atoms with Crippen molar-refractivity contribution in [2.75, 3.05) is 10.6 Å². The molecule has 0 saturated heterocycles. The van der Waals surface area contributed by atoms with Crippen molar-refractivity contribution in [3.05, 3.63) is 111 Å². The number of hydrogen-bond acceptors (Lipinski definition) is 5. The molecule has 1 aromatic heterocycles. The van der Waals surface area contributed by atoms with Crippen molar-refractivity contribution in [3.8, 4) is 5.75 Å². The van der Waals surface area contributed by atoms with Crippen molar-refractivity contribution < 1.29 is 9.53 Å². The van der Waals surface area contributed by atoms with Crippen molar-refractivity contribution >= 4 is 52.3 Å². The number of amides is 1. The Kier molecular flexibility index (Phi) is 6.87. The van der Waals surface area contributed by atoms with Crippen LogP contribution in [0.4, 0.5) is 11.6 Å². The van der Waals surface area contributed by atoms with Crippen molar-refractivity contribution in [3.63, 3.8) is 0 Å². The van der Waals surface area contributed by atoms with E-state index in [4.69, 9.17) is 39.5 Å². The first-order valence-corrected chi connectivity index (χ1v) is 12.1. The summed E-state index contributed by atoms with van der Waals surface area (Å²) in [6.45, 7) is 2.07. The summed E-state index contributed by atoms with van der Waals surface area (Å²) in [6.07, 6.45) is 1.45. The van der Waals surface area contributed by atoms with Gasteiger partial charge in [0.05, 0.1) is 5.57 Å². The summed E-state index contributed by atoms with van der Waals surface area (Å²) in [5.41, 5.74) is 3.39. The van der Waals surface area contributed by atoms with Gasteiger partial charge in [-0.15, -0.1) is 0 Å². The molecule has 1 aliphatic rings. The second-order valence-electron chi connectivity index (χ2n) is 8.11. The molecule has 2 N–H and O–H groups in total. The minimum Gasteiger partial charge on any atom is -0.489 e. The van der Waals surface area contributed by atoms with Crippen LogP contribution >= 0.6 is 34.8 Å². The van der Waals surface area contributed by atoms with Gasteiger partial charge in [-0.1, -0.05) is 53.0 Å². The predicted molar refractivity (Wildman–Crippen MR) is 142 cm³/mol. The summed E-state index contributed by atoms with van der Waals surface area (Å²) in [7, 11) is 0. The summed E-state index contributed by atoms with van der Waals surface area (Å²) in [5.74, 6) is 0.923. The van der Waals surface area contributed by atoms with Crippen LogP contribution in [0, 0.1) is 0 Å². The molecular weight excluding hydrogens is 521 g/mol. The van der Waals surface area contributed by atoms with Gasteiger partial charge in [-0.3, -0.25) is 4.79 Å². The Morgan fingerprint density at radius 2 is 1.72 bits per heavy atom. The molecule has 5 rings (SSSR count). The van der Waals surface area contributed by atoms with Gasteiger partial charge in [0, 0.05) is 32.0 Å². The van der Waals surface area contributed by atoms with Gasteiger partial charge in [0.15, 0.2) is 0 Å².